The van der Waals surface area contributed by atoms with Crippen LogP contribution in [0.2, 0.25) is 0 Å². The van der Waals surface area contributed by atoms with E-state index in [9.17, 15) is 4.79 Å². The molecule has 0 fully saturated rings. The van der Waals surface area contributed by atoms with Crippen LogP contribution in [-0.2, 0) is 0 Å². The van der Waals surface area contributed by atoms with Crippen molar-refractivity contribution in [2.75, 3.05) is 6.61 Å². The van der Waals surface area contributed by atoms with E-state index in [1.807, 2.05) is 19.1 Å². The Morgan fingerprint density at radius 3 is 2.62 bits per heavy atom. The molecule has 0 unspecified atom stereocenters. The topological polar surface area (TPSA) is 49.3 Å². The Morgan fingerprint density at radius 1 is 1.50 bits per heavy atom. The van der Waals surface area contributed by atoms with Crippen LogP contribution in [0.3, 0.4) is 0 Å². The Bertz CT molecular complexity index is 402. The lowest BCUT2D eigenvalue weighted by Crippen LogP contribution is -2.46. The summed E-state index contributed by atoms with van der Waals surface area (Å²) in [7, 11) is 0. The third-order valence-electron chi connectivity index (χ3n) is 2.22. The van der Waals surface area contributed by atoms with Crippen molar-refractivity contribution in [3.05, 3.63) is 33.8 Å². The van der Waals surface area contributed by atoms with Crippen molar-refractivity contribution < 1.29 is 9.90 Å². The molecule has 1 rings (SSSR count). The molecule has 0 spiro atoms. The largest absolute Gasteiger partial charge is 0.394 e. The zero-order chi connectivity index (χ0) is 12.3. The number of rotatable bonds is 3. The highest BCUT2D eigenvalue weighted by Gasteiger charge is 2.21. The van der Waals surface area contributed by atoms with E-state index in [-0.39, 0.29) is 12.5 Å². The number of nitrogens with one attached hydrogen (secondary N) is 1. The van der Waals surface area contributed by atoms with Crippen LogP contribution in [-0.4, -0.2) is 23.2 Å². The number of carbonyl (C=O) groups is 1. The highest BCUT2D eigenvalue weighted by atomic mass is 79.9. The van der Waals surface area contributed by atoms with Gasteiger partial charge in [-0.1, -0.05) is 6.07 Å². The third-order valence-corrected chi connectivity index (χ3v) is 2.87. The summed E-state index contributed by atoms with van der Waals surface area (Å²) < 4.78 is 0.763. The molecule has 88 valence electrons. The number of halogens is 1. The van der Waals surface area contributed by atoms with Crippen LogP contribution in [0, 0.1) is 6.92 Å². The van der Waals surface area contributed by atoms with Crippen LogP contribution in [0.15, 0.2) is 22.7 Å². The first-order valence-electron chi connectivity index (χ1n) is 5.05. The van der Waals surface area contributed by atoms with Crippen molar-refractivity contribution in [2.24, 2.45) is 0 Å². The molecule has 0 saturated carbocycles. The summed E-state index contributed by atoms with van der Waals surface area (Å²) in [5.74, 6) is -0.189. The predicted octanol–water partition coefficient (Wildman–Crippen LogP) is 2.26. The molecule has 1 aromatic rings. The predicted molar refractivity (Wildman–Crippen MR) is 67.5 cm³/mol. The molecule has 0 aliphatic rings. The first-order chi connectivity index (χ1) is 7.35. The van der Waals surface area contributed by atoms with Gasteiger partial charge in [-0.15, -0.1) is 0 Å². The zero-order valence-corrected chi connectivity index (χ0v) is 11.3. The van der Waals surface area contributed by atoms with Crippen molar-refractivity contribution in [1.29, 1.82) is 0 Å². The second-order valence-corrected chi connectivity index (χ2v) is 5.33. The van der Waals surface area contributed by atoms with Gasteiger partial charge < -0.3 is 10.4 Å². The molecular weight excluding hydrogens is 270 g/mol. The highest BCUT2D eigenvalue weighted by Crippen LogP contribution is 2.19. The van der Waals surface area contributed by atoms with Gasteiger partial charge in [0.05, 0.1) is 17.7 Å². The summed E-state index contributed by atoms with van der Waals surface area (Å²) in [6.07, 6.45) is 0. The lowest BCUT2D eigenvalue weighted by Gasteiger charge is -2.23. The zero-order valence-electron chi connectivity index (χ0n) is 9.67. The van der Waals surface area contributed by atoms with E-state index in [4.69, 9.17) is 5.11 Å². The summed E-state index contributed by atoms with van der Waals surface area (Å²) in [5, 5.41) is 11.8. The molecule has 0 aliphatic carbocycles. The van der Waals surface area contributed by atoms with Crippen molar-refractivity contribution in [2.45, 2.75) is 26.3 Å². The summed E-state index contributed by atoms with van der Waals surface area (Å²) in [6.45, 7) is 5.41. The molecule has 0 bridgehead atoms. The number of aliphatic hydroxyl groups excluding tert-OH is 1. The molecule has 0 atom stereocenters. The lowest BCUT2D eigenvalue weighted by molar-refractivity contribution is 0.0868. The number of aliphatic hydroxyl groups is 1. The van der Waals surface area contributed by atoms with Gasteiger partial charge >= 0.3 is 0 Å². The fourth-order valence-electron chi connectivity index (χ4n) is 1.22. The monoisotopic (exact) mass is 285 g/mol. The van der Waals surface area contributed by atoms with Crippen molar-refractivity contribution >= 4 is 21.8 Å². The van der Waals surface area contributed by atoms with E-state index < -0.39 is 5.54 Å². The van der Waals surface area contributed by atoms with Gasteiger partial charge in [-0.2, -0.15) is 0 Å². The van der Waals surface area contributed by atoms with E-state index in [0.29, 0.717) is 5.56 Å². The Balaban J connectivity index is 2.89. The lowest BCUT2D eigenvalue weighted by atomic mass is 10.1. The number of amides is 1. The standard InChI is InChI=1S/C12H16BrNO2/c1-8-4-5-9(10(13)6-8)11(16)14-12(2,3)7-15/h4-6,15H,7H2,1-3H3,(H,14,16). The van der Waals surface area contributed by atoms with Crippen molar-refractivity contribution in [3.63, 3.8) is 0 Å². The van der Waals surface area contributed by atoms with Crippen molar-refractivity contribution in [3.8, 4) is 0 Å². The van der Waals surface area contributed by atoms with Gasteiger partial charge in [-0.3, -0.25) is 4.79 Å². The number of benzene rings is 1. The molecule has 3 nitrogen and oxygen atoms in total. The van der Waals surface area contributed by atoms with E-state index in [2.05, 4.69) is 21.2 Å². The minimum Gasteiger partial charge on any atom is -0.394 e. The fourth-order valence-corrected chi connectivity index (χ4v) is 1.89. The summed E-state index contributed by atoms with van der Waals surface area (Å²) in [4.78, 5) is 11.9. The third kappa shape index (κ3) is 3.32. The van der Waals surface area contributed by atoms with Crippen LogP contribution in [0.5, 0.6) is 0 Å². The maximum absolute atomic E-state index is 11.9. The van der Waals surface area contributed by atoms with Gasteiger partial charge in [0.25, 0.3) is 5.91 Å². The number of hydrogen-bond donors (Lipinski definition) is 2. The molecule has 0 aliphatic heterocycles. The number of carbonyl (C=O) groups excluding carboxylic acids is 1. The summed E-state index contributed by atoms with van der Waals surface area (Å²) in [6, 6.07) is 5.54. The minimum atomic E-state index is -0.610. The van der Waals surface area contributed by atoms with E-state index >= 15 is 0 Å². The highest BCUT2D eigenvalue weighted by molar-refractivity contribution is 9.10. The van der Waals surface area contributed by atoms with Crippen LogP contribution < -0.4 is 5.32 Å². The van der Waals surface area contributed by atoms with Crippen molar-refractivity contribution in [1.82, 2.24) is 5.32 Å². The van der Waals surface area contributed by atoms with Crippen LogP contribution in [0.1, 0.15) is 29.8 Å². The van der Waals surface area contributed by atoms with E-state index in [1.54, 1.807) is 19.9 Å². The van der Waals surface area contributed by atoms with Crippen LogP contribution in [0.25, 0.3) is 0 Å². The Kier molecular flexibility index (Phi) is 4.10. The molecular formula is C12H16BrNO2. The smallest absolute Gasteiger partial charge is 0.252 e. The molecule has 1 amide bonds. The van der Waals surface area contributed by atoms with Gasteiger partial charge in [0.15, 0.2) is 0 Å². The summed E-state index contributed by atoms with van der Waals surface area (Å²) >= 11 is 3.35. The SMILES string of the molecule is Cc1ccc(C(=O)NC(C)(C)CO)c(Br)c1. The van der Waals surface area contributed by atoms with Crippen LogP contribution >= 0.6 is 15.9 Å². The maximum atomic E-state index is 11.9. The molecule has 0 radical (unpaired) electrons. The Morgan fingerprint density at radius 2 is 2.12 bits per heavy atom. The molecule has 4 heteroatoms. The first kappa shape index (κ1) is 13.2. The first-order valence-corrected chi connectivity index (χ1v) is 5.84. The average molecular weight is 286 g/mol. The van der Waals surface area contributed by atoms with Gasteiger partial charge in [0.1, 0.15) is 0 Å². The quantitative estimate of drug-likeness (QED) is 0.895. The molecule has 1 aromatic carbocycles. The fraction of sp³-hybridized carbons (Fsp3) is 0.417. The minimum absolute atomic E-state index is 0.0950. The van der Waals surface area contributed by atoms with Gasteiger partial charge in [-0.05, 0) is 54.4 Å². The second kappa shape index (κ2) is 4.97. The maximum Gasteiger partial charge on any atom is 0.252 e. The number of hydrogen-bond acceptors (Lipinski definition) is 2. The molecule has 0 saturated heterocycles. The normalized spacial score (nSPS) is 11.3. The van der Waals surface area contributed by atoms with E-state index in [0.717, 1.165) is 10.0 Å². The molecule has 0 heterocycles. The Labute approximate surface area is 104 Å². The Hall–Kier alpha value is -0.870. The van der Waals surface area contributed by atoms with Gasteiger partial charge in [0.2, 0.25) is 0 Å². The van der Waals surface area contributed by atoms with Crippen LogP contribution in [0.4, 0.5) is 0 Å². The molecule has 16 heavy (non-hydrogen) atoms. The van der Waals surface area contributed by atoms with Gasteiger partial charge in [0, 0.05) is 4.47 Å². The number of aryl methyl sites for hydroxylation is 1. The average Bonchev–Trinajstić information content (AvgIpc) is 2.16. The van der Waals surface area contributed by atoms with Gasteiger partial charge in [-0.25, -0.2) is 0 Å². The molecule has 2 N–H and O–H groups in total. The van der Waals surface area contributed by atoms with E-state index in [1.165, 1.54) is 0 Å². The second-order valence-electron chi connectivity index (χ2n) is 4.48. The molecule has 0 aromatic heterocycles. The summed E-state index contributed by atoms with van der Waals surface area (Å²) in [5.41, 5.74) is 1.05.